The lowest BCUT2D eigenvalue weighted by Crippen LogP contribution is -2.23. The summed E-state index contributed by atoms with van der Waals surface area (Å²) in [6, 6.07) is 21.6. The van der Waals surface area contributed by atoms with Gasteiger partial charge in [0, 0.05) is 44.3 Å². The predicted molar refractivity (Wildman–Crippen MR) is 233 cm³/mol. The summed E-state index contributed by atoms with van der Waals surface area (Å²) in [5, 5.41) is 13.1. The van der Waals surface area contributed by atoms with E-state index in [1.165, 1.54) is 81.5 Å². The molecule has 8 nitrogen and oxygen atoms in total. The lowest BCUT2D eigenvalue weighted by atomic mass is 9.98. The Morgan fingerprint density at radius 1 is 0.648 bits per heavy atom. The SMILES string of the molecule is CCN1CCCC(c2cc3c(Nc4ccc5scnc5c4)ccnc3s2)CC1.c1cc(Nc2ccc3scnc3c2)c2cc(C3CCCNCC3)sc2n1. The lowest BCUT2D eigenvalue weighted by molar-refractivity contribution is 0.299. The van der Waals surface area contributed by atoms with E-state index in [4.69, 9.17) is 0 Å². The van der Waals surface area contributed by atoms with Gasteiger partial charge in [0.05, 0.1) is 42.8 Å². The zero-order valence-electron chi connectivity index (χ0n) is 30.4. The molecule has 2 atom stereocenters. The molecule has 3 N–H and O–H groups in total. The maximum atomic E-state index is 4.65. The highest BCUT2D eigenvalue weighted by Crippen LogP contribution is 2.40. The number of thiazole rings is 2. The van der Waals surface area contributed by atoms with Crippen LogP contribution in [0.5, 0.6) is 0 Å². The molecule has 8 heterocycles. The van der Waals surface area contributed by atoms with E-state index >= 15 is 0 Å². The summed E-state index contributed by atoms with van der Waals surface area (Å²) in [7, 11) is 0. The van der Waals surface area contributed by atoms with E-state index in [-0.39, 0.29) is 0 Å². The van der Waals surface area contributed by atoms with Gasteiger partial charge in [0.2, 0.25) is 0 Å². The smallest absolute Gasteiger partial charge is 0.125 e. The van der Waals surface area contributed by atoms with Gasteiger partial charge in [0.25, 0.3) is 0 Å². The minimum Gasteiger partial charge on any atom is -0.355 e. The van der Waals surface area contributed by atoms with Crippen LogP contribution in [0.1, 0.15) is 67.0 Å². The molecule has 2 unspecified atom stereocenters. The van der Waals surface area contributed by atoms with Gasteiger partial charge >= 0.3 is 0 Å². The van der Waals surface area contributed by atoms with E-state index in [0.29, 0.717) is 11.8 Å². The first-order valence-electron chi connectivity index (χ1n) is 19.1. The number of hydrogen-bond acceptors (Lipinski definition) is 12. The second-order valence-corrected chi connectivity index (χ2v) is 18.1. The first-order valence-corrected chi connectivity index (χ1v) is 22.5. The molecule has 12 heteroatoms. The first kappa shape index (κ1) is 35.6. The van der Waals surface area contributed by atoms with Gasteiger partial charge in [-0.1, -0.05) is 6.92 Å². The molecule has 2 aromatic carbocycles. The molecular formula is C42H44N8S4. The highest BCUT2D eigenvalue weighted by atomic mass is 32.1. The van der Waals surface area contributed by atoms with Crippen molar-refractivity contribution in [1.82, 2.24) is 30.2 Å². The van der Waals surface area contributed by atoms with Crippen LogP contribution in [0.4, 0.5) is 22.7 Å². The molecule has 0 radical (unpaired) electrons. The Hall–Kier alpha value is -4.04. The zero-order chi connectivity index (χ0) is 36.3. The second-order valence-electron chi connectivity index (χ2n) is 14.2. The van der Waals surface area contributed by atoms with Crippen molar-refractivity contribution in [3.8, 4) is 0 Å². The molecule has 276 valence electrons. The van der Waals surface area contributed by atoms with Crippen molar-refractivity contribution in [2.45, 2.75) is 57.3 Å². The zero-order valence-corrected chi connectivity index (χ0v) is 33.7. The summed E-state index contributed by atoms with van der Waals surface area (Å²) in [6.45, 7) is 8.14. The van der Waals surface area contributed by atoms with Gasteiger partial charge in [-0.25, -0.2) is 19.9 Å². The van der Waals surface area contributed by atoms with Gasteiger partial charge in [-0.15, -0.1) is 45.3 Å². The third-order valence-electron chi connectivity index (χ3n) is 10.8. The predicted octanol–water partition coefficient (Wildman–Crippen LogP) is 11.7. The van der Waals surface area contributed by atoms with Gasteiger partial charge in [-0.05, 0) is 144 Å². The number of pyridine rings is 2. The quantitative estimate of drug-likeness (QED) is 0.147. The number of thiophene rings is 2. The molecule has 54 heavy (non-hydrogen) atoms. The summed E-state index contributed by atoms with van der Waals surface area (Å²) in [6.07, 6.45) is 11.4. The molecule has 0 saturated carbocycles. The van der Waals surface area contributed by atoms with Gasteiger partial charge in [-0.2, -0.15) is 0 Å². The van der Waals surface area contributed by atoms with E-state index in [9.17, 15) is 0 Å². The van der Waals surface area contributed by atoms with Crippen molar-refractivity contribution in [3.05, 3.63) is 93.8 Å². The van der Waals surface area contributed by atoms with Crippen LogP contribution in [-0.4, -0.2) is 57.6 Å². The van der Waals surface area contributed by atoms with Crippen molar-refractivity contribution in [1.29, 1.82) is 0 Å². The van der Waals surface area contributed by atoms with Crippen LogP contribution in [0.2, 0.25) is 0 Å². The number of rotatable bonds is 7. The maximum absolute atomic E-state index is 4.65. The number of anilines is 4. The Labute approximate surface area is 331 Å². The van der Waals surface area contributed by atoms with E-state index in [1.54, 1.807) is 22.7 Å². The van der Waals surface area contributed by atoms with Crippen molar-refractivity contribution < 1.29 is 0 Å². The molecule has 10 rings (SSSR count). The molecule has 0 amide bonds. The molecule has 0 bridgehead atoms. The molecule has 6 aromatic heterocycles. The third-order valence-corrected chi connectivity index (χ3v) is 14.8. The van der Waals surface area contributed by atoms with Crippen LogP contribution in [0, 0.1) is 0 Å². The van der Waals surface area contributed by atoms with Crippen LogP contribution in [0.25, 0.3) is 40.9 Å². The number of fused-ring (bicyclic) bond motifs is 4. The third kappa shape index (κ3) is 7.87. The Bertz CT molecular complexity index is 2490. The monoisotopic (exact) mass is 788 g/mol. The van der Waals surface area contributed by atoms with E-state index < -0.39 is 0 Å². The van der Waals surface area contributed by atoms with Crippen molar-refractivity contribution in [3.63, 3.8) is 0 Å². The topological polar surface area (TPSA) is 90.9 Å². The lowest BCUT2D eigenvalue weighted by Gasteiger charge is -2.17. The molecule has 0 aliphatic carbocycles. The van der Waals surface area contributed by atoms with Crippen LogP contribution in [0.3, 0.4) is 0 Å². The number of hydrogen-bond donors (Lipinski definition) is 3. The van der Waals surface area contributed by atoms with E-state index in [1.807, 2.05) is 46.1 Å². The highest BCUT2D eigenvalue weighted by Gasteiger charge is 2.21. The number of aromatic nitrogens is 4. The number of likely N-dealkylation sites (tertiary alicyclic amines) is 1. The minimum atomic E-state index is 0.656. The van der Waals surface area contributed by atoms with Gasteiger partial charge < -0.3 is 20.9 Å². The Morgan fingerprint density at radius 2 is 1.24 bits per heavy atom. The van der Waals surface area contributed by atoms with Gasteiger partial charge in [-0.3, -0.25) is 0 Å². The maximum Gasteiger partial charge on any atom is 0.125 e. The number of nitrogens with zero attached hydrogens (tertiary/aromatic N) is 5. The summed E-state index contributed by atoms with van der Waals surface area (Å²) >= 11 is 7.07. The normalized spacial score (nSPS) is 18.4. The van der Waals surface area contributed by atoms with Crippen molar-refractivity contribution in [2.75, 3.05) is 43.4 Å². The van der Waals surface area contributed by atoms with Crippen molar-refractivity contribution >= 4 is 109 Å². The van der Waals surface area contributed by atoms with Crippen LogP contribution < -0.4 is 16.0 Å². The molecule has 2 aliphatic rings. The fourth-order valence-corrected chi connectivity index (χ4v) is 11.5. The largest absolute Gasteiger partial charge is 0.355 e. The average Bonchev–Trinajstić information content (AvgIpc) is 3.97. The molecular weight excluding hydrogens is 745 g/mol. The summed E-state index contributed by atoms with van der Waals surface area (Å²) in [5.74, 6) is 1.32. The number of nitrogens with one attached hydrogen (secondary N) is 3. The van der Waals surface area contributed by atoms with Gasteiger partial charge in [0.15, 0.2) is 0 Å². The molecule has 2 saturated heterocycles. The fourth-order valence-electron chi connectivity index (χ4n) is 7.78. The molecule has 2 fully saturated rings. The first-order chi connectivity index (χ1) is 26.7. The van der Waals surface area contributed by atoms with E-state index in [0.717, 1.165) is 63.1 Å². The Balaban J connectivity index is 0.000000143. The Kier molecular flexibility index (Phi) is 10.8. The standard InChI is InChI=1S/C22H24N4S2.C20H20N4S2/c1-2-26-10-3-4-15(8-11-26)21-13-17-18(7-9-23-22(17)28-21)25-16-5-6-20-19(12-16)24-14-27-20;1-2-13(5-8-21-7-1)19-11-15-16(6-9-22-20(15)26-19)24-14-3-4-18-17(10-14)23-12-25-18/h5-7,9,12-15H,2-4,8,10-11H2,1H3,(H,23,25);3-4,6,9-13,21H,1-2,5,7-8H2,(H,22,24). The van der Waals surface area contributed by atoms with Crippen LogP contribution in [0.15, 0.2) is 84.1 Å². The summed E-state index contributed by atoms with van der Waals surface area (Å²) in [4.78, 5) is 25.9. The number of benzene rings is 2. The summed E-state index contributed by atoms with van der Waals surface area (Å²) < 4.78 is 2.44. The Morgan fingerprint density at radius 3 is 1.85 bits per heavy atom. The molecule has 8 aromatic rings. The van der Waals surface area contributed by atoms with Crippen LogP contribution in [-0.2, 0) is 0 Å². The summed E-state index contributed by atoms with van der Waals surface area (Å²) in [5.41, 5.74) is 10.3. The molecule has 0 spiro atoms. The fraction of sp³-hybridized carbons (Fsp3) is 0.333. The minimum absolute atomic E-state index is 0.656. The van der Waals surface area contributed by atoms with E-state index in [2.05, 4.69) is 108 Å². The van der Waals surface area contributed by atoms with Gasteiger partial charge in [0.1, 0.15) is 9.66 Å². The van der Waals surface area contributed by atoms with Crippen LogP contribution >= 0.6 is 45.3 Å². The van der Waals surface area contributed by atoms with Crippen molar-refractivity contribution in [2.24, 2.45) is 0 Å². The molecule has 2 aliphatic heterocycles. The average molecular weight is 789 g/mol. The highest BCUT2D eigenvalue weighted by molar-refractivity contribution is 7.19. The second kappa shape index (κ2) is 16.4.